The second kappa shape index (κ2) is 5.04. The summed E-state index contributed by atoms with van der Waals surface area (Å²) in [4.78, 5) is 13.7. The maximum Gasteiger partial charge on any atom is 0.312 e. The number of nitro groups is 1. The maximum atomic E-state index is 11.2. The normalized spacial score (nSPS) is 12.1. The Morgan fingerprint density at radius 1 is 1.67 bits per heavy atom. The minimum absolute atomic E-state index is 0.0762. The van der Waals surface area contributed by atoms with Gasteiger partial charge in [0.05, 0.1) is 4.92 Å². The quantitative estimate of drug-likeness (QED) is 0.500. The predicted molar refractivity (Wildman–Crippen MR) is 58.2 cm³/mol. The molecule has 6 nitrogen and oxygen atoms in total. The first kappa shape index (κ1) is 11.9. The van der Waals surface area contributed by atoms with Crippen LogP contribution in [0.3, 0.4) is 0 Å². The Kier molecular flexibility index (Phi) is 3.98. The first-order valence-electron chi connectivity index (χ1n) is 4.00. The SMILES string of the molecule is CCS(=O)Nc1nc(Cl)ccc1[N+](=O)[O-]. The van der Waals surface area contributed by atoms with Gasteiger partial charge in [-0.1, -0.05) is 18.5 Å². The van der Waals surface area contributed by atoms with E-state index in [-0.39, 0.29) is 16.7 Å². The van der Waals surface area contributed by atoms with E-state index in [9.17, 15) is 14.3 Å². The molecule has 1 aromatic heterocycles. The molecule has 1 heterocycles. The second-order valence-corrected chi connectivity index (χ2v) is 4.35. The minimum Gasteiger partial charge on any atom is -0.284 e. The molecule has 8 heteroatoms. The molecule has 0 bridgehead atoms. The van der Waals surface area contributed by atoms with E-state index in [4.69, 9.17) is 11.6 Å². The van der Waals surface area contributed by atoms with Crippen LogP contribution in [-0.4, -0.2) is 19.9 Å². The summed E-state index contributed by atoms with van der Waals surface area (Å²) in [5, 5.41) is 10.7. The summed E-state index contributed by atoms with van der Waals surface area (Å²) < 4.78 is 13.6. The number of pyridine rings is 1. The zero-order valence-electron chi connectivity index (χ0n) is 7.77. The first-order valence-corrected chi connectivity index (χ1v) is 5.70. The smallest absolute Gasteiger partial charge is 0.284 e. The molecule has 0 aliphatic heterocycles. The van der Waals surface area contributed by atoms with Crippen molar-refractivity contribution in [3.8, 4) is 0 Å². The van der Waals surface area contributed by atoms with Crippen LogP contribution in [0.4, 0.5) is 11.5 Å². The zero-order chi connectivity index (χ0) is 11.4. The van der Waals surface area contributed by atoms with Crippen molar-refractivity contribution in [3.63, 3.8) is 0 Å². The highest BCUT2D eigenvalue weighted by Gasteiger charge is 2.16. The average molecular weight is 250 g/mol. The molecule has 0 aliphatic carbocycles. The van der Waals surface area contributed by atoms with Crippen LogP contribution in [-0.2, 0) is 11.0 Å². The lowest BCUT2D eigenvalue weighted by atomic mass is 10.4. The molecule has 0 aliphatic rings. The van der Waals surface area contributed by atoms with Crippen molar-refractivity contribution < 1.29 is 9.13 Å². The monoisotopic (exact) mass is 249 g/mol. The van der Waals surface area contributed by atoms with Crippen LogP contribution in [0.25, 0.3) is 0 Å². The summed E-state index contributed by atoms with van der Waals surface area (Å²) in [7, 11) is -1.39. The average Bonchev–Trinajstić information content (AvgIpc) is 2.17. The highest BCUT2D eigenvalue weighted by molar-refractivity contribution is 7.86. The highest BCUT2D eigenvalue weighted by atomic mass is 35.5. The van der Waals surface area contributed by atoms with Gasteiger partial charge in [0.1, 0.15) is 16.1 Å². The lowest BCUT2D eigenvalue weighted by Gasteiger charge is -2.03. The number of hydrogen-bond acceptors (Lipinski definition) is 4. The predicted octanol–water partition coefficient (Wildman–Crippen LogP) is 1.74. The molecule has 1 unspecified atom stereocenters. The lowest BCUT2D eigenvalue weighted by molar-refractivity contribution is -0.384. The Hall–Kier alpha value is -1.21. The molecular weight excluding hydrogens is 242 g/mol. The molecule has 1 rings (SSSR count). The van der Waals surface area contributed by atoms with Gasteiger partial charge in [0.2, 0.25) is 5.82 Å². The van der Waals surface area contributed by atoms with Gasteiger partial charge in [-0.2, -0.15) is 0 Å². The van der Waals surface area contributed by atoms with E-state index < -0.39 is 15.9 Å². The van der Waals surface area contributed by atoms with Gasteiger partial charge >= 0.3 is 5.69 Å². The third kappa shape index (κ3) is 3.14. The highest BCUT2D eigenvalue weighted by Crippen LogP contribution is 2.24. The first-order chi connectivity index (χ1) is 7.04. The number of nitrogens with one attached hydrogen (secondary N) is 1. The molecule has 0 fully saturated rings. The number of halogens is 1. The molecule has 82 valence electrons. The lowest BCUT2D eigenvalue weighted by Crippen LogP contribution is -2.09. The molecule has 0 amide bonds. The number of rotatable bonds is 4. The molecule has 0 saturated heterocycles. The molecule has 0 spiro atoms. The van der Waals surface area contributed by atoms with E-state index in [2.05, 4.69) is 9.71 Å². The molecule has 1 N–H and O–H groups in total. The summed E-state index contributed by atoms with van der Waals surface area (Å²) in [6.45, 7) is 1.68. The fraction of sp³-hybridized carbons (Fsp3) is 0.286. The van der Waals surface area contributed by atoms with Crippen LogP contribution in [0.2, 0.25) is 5.15 Å². The van der Waals surface area contributed by atoms with E-state index in [1.165, 1.54) is 12.1 Å². The molecule has 1 atom stereocenters. The Labute approximate surface area is 93.4 Å². The number of nitrogens with zero attached hydrogens (tertiary/aromatic N) is 2. The Morgan fingerprint density at radius 2 is 2.33 bits per heavy atom. The third-order valence-electron chi connectivity index (χ3n) is 1.51. The fourth-order valence-corrected chi connectivity index (χ4v) is 1.49. The van der Waals surface area contributed by atoms with Crippen molar-refractivity contribution in [2.45, 2.75) is 6.92 Å². The summed E-state index contributed by atoms with van der Waals surface area (Å²) >= 11 is 5.58. The number of anilines is 1. The second-order valence-electron chi connectivity index (χ2n) is 2.50. The van der Waals surface area contributed by atoms with Gasteiger partial charge in [-0.25, -0.2) is 9.19 Å². The van der Waals surface area contributed by atoms with Crippen molar-refractivity contribution in [2.75, 3.05) is 10.5 Å². The van der Waals surface area contributed by atoms with Gasteiger partial charge in [0.15, 0.2) is 0 Å². The van der Waals surface area contributed by atoms with Crippen molar-refractivity contribution in [2.24, 2.45) is 0 Å². The Balaban J connectivity index is 3.07. The van der Waals surface area contributed by atoms with Gasteiger partial charge < -0.3 is 0 Å². The van der Waals surface area contributed by atoms with Gasteiger partial charge in [-0.05, 0) is 6.07 Å². The summed E-state index contributed by atoms with van der Waals surface area (Å²) in [6, 6.07) is 2.52. The van der Waals surface area contributed by atoms with Crippen molar-refractivity contribution in [1.29, 1.82) is 0 Å². The van der Waals surface area contributed by atoms with E-state index in [1.54, 1.807) is 6.92 Å². The fourth-order valence-electron chi connectivity index (χ4n) is 0.830. The Morgan fingerprint density at radius 3 is 2.87 bits per heavy atom. The van der Waals surface area contributed by atoms with Crippen molar-refractivity contribution >= 4 is 34.1 Å². The molecule has 1 aromatic rings. The number of aromatic nitrogens is 1. The molecule has 0 saturated carbocycles. The van der Waals surface area contributed by atoms with Crippen LogP contribution in [0.5, 0.6) is 0 Å². The topological polar surface area (TPSA) is 85.1 Å². The molecular formula is C7H8ClN3O3S. The third-order valence-corrected chi connectivity index (χ3v) is 2.67. The number of hydrogen-bond donors (Lipinski definition) is 1. The molecule has 15 heavy (non-hydrogen) atoms. The van der Waals surface area contributed by atoms with Crippen molar-refractivity contribution in [1.82, 2.24) is 4.98 Å². The minimum atomic E-state index is -1.39. The van der Waals surface area contributed by atoms with Gasteiger partial charge in [-0.3, -0.25) is 14.8 Å². The maximum absolute atomic E-state index is 11.2. The van der Waals surface area contributed by atoms with Crippen LogP contribution in [0.15, 0.2) is 12.1 Å². The molecule has 0 aromatic carbocycles. The van der Waals surface area contributed by atoms with Crippen LogP contribution in [0.1, 0.15) is 6.92 Å². The van der Waals surface area contributed by atoms with Gasteiger partial charge in [0.25, 0.3) is 0 Å². The summed E-state index contributed by atoms with van der Waals surface area (Å²) in [5.74, 6) is 0.249. The van der Waals surface area contributed by atoms with E-state index in [0.717, 1.165) is 0 Å². The molecule has 0 radical (unpaired) electrons. The van der Waals surface area contributed by atoms with Gasteiger partial charge in [0, 0.05) is 11.8 Å². The van der Waals surface area contributed by atoms with Gasteiger partial charge in [-0.15, -0.1) is 0 Å². The summed E-state index contributed by atoms with van der Waals surface area (Å²) in [5.41, 5.74) is -0.249. The van der Waals surface area contributed by atoms with Crippen molar-refractivity contribution in [3.05, 3.63) is 27.4 Å². The summed E-state index contributed by atoms with van der Waals surface area (Å²) in [6.07, 6.45) is 0. The standard InChI is InChI=1S/C7H8ClN3O3S/c1-2-15(14)10-7-5(11(12)13)3-4-6(8)9-7/h3-4H,2H2,1H3,(H,9,10). The van der Waals surface area contributed by atoms with Crippen LogP contribution in [0, 0.1) is 10.1 Å². The van der Waals surface area contributed by atoms with E-state index >= 15 is 0 Å². The van der Waals surface area contributed by atoms with Crippen LogP contribution >= 0.6 is 11.6 Å². The van der Waals surface area contributed by atoms with Crippen LogP contribution < -0.4 is 4.72 Å². The van der Waals surface area contributed by atoms with E-state index in [0.29, 0.717) is 5.75 Å². The van der Waals surface area contributed by atoms with E-state index in [1.807, 2.05) is 0 Å². The zero-order valence-corrected chi connectivity index (χ0v) is 9.34. The Bertz CT molecular complexity index is 412. The largest absolute Gasteiger partial charge is 0.312 e.